The van der Waals surface area contributed by atoms with Crippen LogP contribution in [0.4, 0.5) is 4.79 Å². The van der Waals surface area contributed by atoms with Gasteiger partial charge in [-0.3, -0.25) is 35.0 Å². The lowest BCUT2D eigenvalue weighted by atomic mass is 9.85. The van der Waals surface area contributed by atoms with Crippen LogP contribution in [0.3, 0.4) is 0 Å². The molecular formula is C45H48N8O7S. The van der Waals surface area contributed by atoms with Gasteiger partial charge in [0.2, 0.25) is 17.7 Å². The highest BCUT2D eigenvalue weighted by Crippen LogP contribution is 2.45. The predicted octanol–water partition coefficient (Wildman–Crippen LogP) is 5.86. The van der Waals surface area contributed by atoms with Crippen molar-refractivity contribution < 1.29 is 33.4 Å². The summed E-state index contributed by atoms with van der Waals surface area (Å²) in [7, 11) is 0. The van der Waals surface area contributed by atoms with Crippen molar-refractivity contribution in [2.45, 2.75) is 89.1 Å². The van der Waals surface area contributed by atoms with E-state index in [1.54, 1.807) is 36.5 Å². The summed E-state index contributed by atoms with van der Waals surface area (Å²) in [6.07, 6.45) is 5.23. The van der Waals surface area contributed by atoms with Gasteiger partial charge in [-0.1, -0.05) is 63.2 Å². The second-order valence-corrected chi connectivity index (χ2v) is 17.8. The number of benzene rings is 2. The molecule has 5 amide bonds. The fourth-order valence-corrected chi connectivity index (χ4v) is 8.91. The number of hydrazine groups is 1. The average molecular weight is 845 g/mol. The number of carbonyl (C=O) groups is 5. The minimum absolute atomic E-state index is 0.0336. The maximum absolute atomic E-state index is 14.8. The predicted molar refractivity (Wildman–Crippen MR) is 229 cm³/mol. The standard InChI is InChI=1S/C45H48N8O7S/c1-5-29-24-45(29,42(57)52-51-38(54)28-18-17-26-12-6-7-13-27(26)22-28)50-39(55)34-23-31(59-40-35-32(19-21-61-35)47-37(49-40)33-16-10-11-20-46-33)25-53(34)41(56)36(44(2,3)4)48-43(58)60-30-14-8-9-15-30/h5-7,10-13,16-22,29-31,34,36H,1,8-9,14-15,23-25H2,2-4H3,(H,48,58)(H,50,55)(H,51,54)(H,52,57)/t29-,31-,34+,36-,45+/m1/s1. The van der Waals surface area contributed by atoms with Crippen LogP contribution in [0.5, 0.6) is 5.88 Å². The van der Waals surface area contributed by atoms with Crippen molar-refractivity contribution in [3.05, 3.63) is 96.5 Å². The molecule has 2 saturated carbocycles. The van der Waals surface area contributed by atoms with Crippen molar-refractivity contribution in [1.82, 2.24) is 41.3 Å². The molecule has 2 aromatic carbocycles. The number of nitrogens with zero attached hydrogens (tertiary/aromatic N) is 4. The third-order valence-corrected chi connectivity index (χ3v) is 12.5. The molecule has 316 valence electrons. The van der Waals surface area contributed by atoms with Gasteiger partial charge in [-0.25, -0.2) is 9.78 Å². The Labute approximate surface area is 356 Å². The van der Waals surface area contributed by atoms with Gasteiger partial charge in [0.25, 0.3) is 11.8 Å². The van der Waals surface area contributed by atoms with Gasteiger partial charge >= 0.3 is 6.09 Å². The summed E-state index contributed by atoms with van der Waals surface area (Å²) in [6, 6.07) is 17.9. The first-order valence-corrected chi connectivity index (χ1v) is 21.4. The van der Waals surface area contributed by atoms with Crippen molar-refractivity contribution in [3.8, 4) is 17.4 Å². The van der Waals surface area contributed by atoms with E-state index in [1.807, 2.05) is 68.6 Å². The van der Waals surface area contributed by atoms with Crippen molar-refractivity contribution in [2.24, 2.45) is 11.3 Å². The molecule has 15 nitrogen and oxygen atoms in total. The SMILES string of the molecule is C=C[C@@H]1C[C@@]1(NC(=O)[C@@H]1C[C@@H](Oc2nc(-c3ccccn3)nc3ccsc23)CN1C(=O)[C@@H](NC(=O)OC1CCCC1)C(C)(C)C)C(=O)NNC(=O)c1ccc2ccccc2c1. The fraction of sp³-hybridized carbons (Fsp3) is 0.378. The molecule has 2 aliphatic carbocycles. The number of amides is 5. The van der Waals surface area contributed by atoms with Crippen molar-refractivity contribution in [2.75, 3.05) is 6.54 Å². The summed E-state index contributed by atoms with van der Waals surface area (Å²) >= 11 is 1.40. The van der Waals surface area contributed by atoms with E-state index in [2.05, 4.69) is 38.0 Å². The molecule has 1 saturated heterocycles. The van der Waals surface area contributed by atoms with Crippen molar-refractivity contribution in [1.29, 1.82) is 0 Å². The minimum Gasteiger partial charge on any atom is -0.471 e. The number of thiophene rings is 1. The maximum Gasteiger partial charge on any atom is 0.408 e. The number of likely N-dealkylation sites (tertiary alicyclic amines) is 1. The van der Waals surface area contributed by atoms with Crippen LogP contribution in [0, 0.1) is 11.3 Å². The van der Waals surface area contributed by atoms with Gasteiger partial charge in [0.1, 0.15) is 40.2 Å². The lowest BCUT2D eigenvalue weighted by molar-refractivity contribution is -0.143. The second-order valence-electron chi connectivity index (χ2n) is 16.9. The summed E-state index contributed by atoms with van der Waals surface area (Å²) in [5.41, 5.74) is 4.27. The number of fused-ring (bicyclic) bond motifs is 2. The summed E-state index contributed by atoms with van der Waals surface area (Å²) in [5.74, 6) is -2.14. The Morgan fingerprint density at radius 1 is 0.951 bits per heavy atom. The monoisotopic (exact) mass is 844 g/mol. The Hall–Kier alpha value is -6.42. The van der Waals surface area contributed by atoms with Crippen molar-refractivity contribution in [3.63, 3.8) is 0 Å². The molecule has 0 unspecified atom stereocenters. The number of aromatic nitrogens is 3. The Bertz CT molecular complexity index is 2500. The molecule has 5 atom stereocenters. The van der Waals surface area contributed by atoms with Crippen LogP contribution in [0.15, 0.2) is 91.0 Å². The summed E-state index contributed by atoms with van der Waals surface area (Å²) < 4.78 is 12.9. The number of hydrogen-bond donors (Lipinski definition) is 4. The lowest BCUT2D eigenvalue weighted by Crippen LogP contribution is -2.60. The van der Waals surface area contributed by atoms with Gasteiger partial charge in [0.05, 0.1) is 12.1 Å². The molecule has 4 heterocycles. The molecule has 0 radical (unpaired) electrons. The van der Waals surface area contributed by atoms with Crippen LogP contribution in [0.2, 0.25) is 0 Å². The van der Waals surface area contributed by atoms with Crippen LogP contribution < -0.4 is 26.2 Å². The van der Waals surface area contributed by atoms with E-state index in [1.165, 1.54) is 16.2 Å². The van der Waals surface area contributed by atoms with Gasteiger partial charge in [-0.2, -0.15) is 4.98 Å². The highest BCUT2D eigenvalue weighted by Gasteiger charge is 2.61. The topological polar surface area (TPSA) is 194 Å². The lowest BCUT2D eigenvalue weighted by Gasteiger charge is -2.35. The van der Waals surface area contributed by atoms with E-state index < -0.39 is 64.8 Å². The van der Waals surface area contributed by atoms with Crippen LogP contribution >= 0.6 is 11.3 Å². The summed E-state index contributed by atoms with van der Waals surface area (Å²) in [4.78, 5) is 84.9. The molecule has 8 rings (SSSR count). The van der Waals surface area contributed by atoms with Gasteiger partial charge in [-0.05, 0) is 84.0 Å². The second kappa shape index (κ2) is 16.9. The fourth-order valence-electron chi connectivity index (χ4n) is 8.15. The van der Waals surface area contributed by atoms with E-state index in [0.29, 0.717) is 27.3 Å². The van der Waals surface area contributed by atoms with E-state index in [0.717, 1.165) is 36.5 Å². The number of ether oxygens (including phenoxy) is 2. The maximum atomic E-state index is 14.8. The zero-order valence-electron chi connectivity index (χ0n) is 34.2. The van der Waals surface area contributed by atoms with E-state index in [9.17, 15) is 24.0 Å². The molecule has 3 aromatic heterocycles. The van der Waals surface area contributed by atoms with Gasteiger partial charge in [0.15, 0.2) is 5.82 Å². The molecular weight excluding hydrogens is 797 g/mol. The molecule has 3 aliphatic rings. The smallest absolute Gasteiger partial charge is 0.408 e. The van der Waals surface area contributed by atoms with E-state index >= 15 is 0 Å². The third kappa shape index (κ3) is 8.76. The van der Waals surface area contributed by atoms with E-state index in [4.69, 9.17) is 14.5 Å². The average Bonchev–Trinajstić information content (AvgIpc) is 3.69. The minimum atomic E-state index is -1.46. The zero-order chi connectivity index (χ0) is 42.9. The Balaban J connectivity index is 1.04. The summed E-state index contributed by atoms with van der Waals surface area (Å²) in [5, 5.41) is 9.43. The highest BCUT2D eigenvalue weighted by molar-refractivity contribution is 7.17. The van der Waals surface area contributed by atoms with Crippen LogP contribution in [-0.2, 0) is 19.1 Å². The number of nitrogens with one attached hydrogen (secondary N) is 4. The first-order valence-electron chi connectivity index (χ1n) is 20.5. The molecule has 16 heteroatoms. The quantitative estimate of drug-likeness (QED) is 0.0925. The molecule has 4 N–H and O–H groups in total. The highest BCUT2D eigenvalue weighted by atomic mass is 32.1. The van der Waals surface area contributed by atoms with Gasteiger partial charge in [0, 0.05) is 24.1 Å². The molecule has 5 aromatic rings. The molecule has 0 bridgehead atoms. The largest absolute Gasteiger partial charge is 0.471 e. The van der Waals surface area contributed by atoms with Crippen LogP contribution in [0.1, 0.15) is 69.7 Å². The number of rotatable bonds is 11. The number of pyridine rings is 1. The molecule has 1 aliphatic heterocycles. The van der Waals surface area contributed by atoms with Crippen LogP contribution in [0.25, 0.3) is 32.5 Å². The number of carbonyl (C=O) groups excluding carboxylic acids is 5. The Kier molecular flexibility index (Phi) is 11.5. The van der Waals surface area contributed by atoms with E-state index in [-0.39, 0.29) is 31.4 Å². The zero-order valence-corrected chi connectivity index (χ0v) is 35.0. The van der Waals surface area contributed by atoms with Crippen LogP contribution in [-0.4, -0.2) is 85.9 Å². The first-order chi connectivity index (χ1) is 29.3. The Morgan fingerprint density at radius 3 is 2.44 bits per heavy atom. The van der Waals surface area contributed by atoms with Gasteiger partial charge < -0.3 is 25.0 Å². The third-order valence-electron chi connectivity index (χ3n) is 11.6. The van der Waals surface area contributed by atoms with Gasteiger partial charge in [-0.15, -0.1) is 17.9 Å². The Morgan fingerprint density at radius 2 is 1.72 bits per heavy atom. The first kappa shape index (κ1) is 41.3. The molecule has 3 fully saturated rings. The molecule has 0 spiro atoms. The number of hydrogen-bond acceptors (Lipinski definition) is 11. The molecule has 61 heavy (non-hydrogen) atoms. The summed E-state index contributed by atoms with van der Waals surface area (Å²) in [6.45, 7) is 9.30. The van der Waals surface area contributed by atoms with Crippen molar-refractivity contribution >= 4 is 62.0 Å². The normalized spacial score (nSPS) is 21.7. The number of alkyl carbamates (subject to hydrolysis) is 1.